The van der Waals surface area contributed by atoms with Crippen molar-refractivity contribution in [1.29, 1.82) is 0 Å². The van der Waals surface area contributed by atoms with Crippen LogP contribution in [0.3, 0.4) is 0 Å². The Balaban J connectivity index is 1.49. The SMILES string of the molecule is C1=C\CSC2=C(SC/1)SC(=C1SC3=C(SC/C=C\CS3)S1)S2. The fraction of sp³-hybridized carbons (Fsp3) is 0.286. The second-order valence-corrected chi connectivity index (χ2v) is 14.1. The lowest BCUT2D eigenvalue weighted by atomic mass is 10.6. The Morgan fingerprint density at radius 1 is 0.409 bits per heavy atom. The van der Waals surface area contributed by atoms with Crippen molar-refractivity contribution in [2.75, 3.05) is 23.0 Å². The molecule has 0 aromatic heterocycles. The molecule has 116 valence electrons. The van der Waals surface area contributed by atoms with Crippen LogP contribution >= 0.6 is 94.1 Å². The van der Waals surface area contributed by atoms with Gasteiger partial charge in [-0.15, -0.1) is 47.0 Å². The maximum absolute atomic E-state index is 2.30. The third-order valence-electron chi connectivity index (χ3n) is 2.82. The van der Waals surface area contributed by atoms with Crippen LogP contribution in [0.4, 0.5) is 0 Å². The van der Waals surface area contributed by atoms with Crippen molar-refractivity contribution in [2.45, 2.75) is 0 Å². The van der Waals surface area contributed by atoms with E-state index in [1.54, 1.807) is 0 Å². The standard InChI is InChI=1S/C14H12S8/c1-2-6-16-10-9(15-5-1)19-13(20-10)14-21-11-12(22-14)18-8-4-3-7-17-11/h1-4H,5-8H2/b2-1-,4-3-. The molecule has 4 heterocycles. The van der Waals surface area contributed by atoms with E-state index in [0.717, 1.165) is 23.0 Å². The fourth-order valence-electron chi connectivity index (χ4n) is 1.83. The summed E-state index contributed by atoms with van der Waals surface area (Å²) in [5, 5.41) is 0. The van der Waals surface area contributed by atoms with E-state index in [2.05, 4.69) is 24.3 Å². The molecule has 0 bridgehead atoms. The van der Waals surface area contributed by atoms with Gasteiger partial charge >= 0.3 is 0 Å². The van der Waals surface area contributed by atoms with E-state index in [1.807, 2.05) is 94.1 Å². The highest BCUT2D eigenvalue weighted by atomic mass is 32.3. The Morgan fingerprint density at radius 2 is 0.682 bits per heavy atom. The molecule has 0 aromatic carbocycles. The van der Waals surface area contributed by atoms with Crippen LogP contribution in [0.15, 0.2) is 49.7 Å². The van der Waals surface area contributed by atoms with Crippen molar-refractivity contribution in [3.05, 3.63) is 49.7 Å². The average Bonchev–Trinajstić information content (AvgIpc) is 3.03. The smallest absolute Gasteiger partial charge is 0.0717 e. The Labute approximate surface area is 165 Å². The molecule has 0 fully saturated rings. The van der Waals surface area contributed by atoms with E-state index >= 15 is 0 Å². The van der Waals surface area contributed by atoms with Crippen molar-refractivity contribution in [3.8, 4) is 0 Å². The normalized spacial score (nSPS) is 28.7. The zero-order valence-corrected chi connectivity index (χ0v) is 17.9. The molecule has 0 N–H and O–H groups in total. The third-order valence-corrected chi connectivity index (χ3v) is 14.2. The lowest BCUT2D eigenvalue weighted by Crippen LogP contribution is -1.80. The first-order valence-corrected chi connectivity index (χ1v) is 13.9. The summed E-state index contributed by atoms with van der Waals surface area (Å²) in [4.78, 5) is 0. The van der Waals surface area contributed by atoms with Crippen molar-refractivity contribution in [3.63, 3.8) is 0 Å². The lowest BCUT2D eigenvalue weighted by molar-refractivity contribution is 1.67. The molecule has 8 heteroatoms. The third kappa shape index (κ3) is 4.00. The zero-order valence-electron chi connectivity index (χ0n) is 11.4. The number of hydrogen-bond donors (Lipinski definition) is 0. The van der Waals surface area contributed by atoms with Gasteiger partial charge in [0.1, 0.15) is 0 Å². The van der Waals surface area contributed by atoms with Gasteiger partial charge in [-0.3, -0.25) is 0 Å². The minimum absolute atomic E-state index is 1.11. The minimum Gasteiger partial charge on any atom is -0.113 e. The summed E-state index contributed by atoms with van der Waals surface area (Å²) in [7, 11) is 0. The number of thioether (sulfide) groups is 8. The summed E-state index contributed by atoms with van der Waals surface area (Å²) in [6.45, 7) is 0. The summed E-state index contributed by atoms with van der Waals surface area (Å²) in [5.41, 5.74) is 0. The van der Waals surface area contributed by atoms with Crippen LogP contribution in [0, 0.1) is 0 Å². The van der Waals surface area contributed by atoms with Gasteiger partial charge in [-0.2, -0.15) is 0 Å². The van der Waals surface area contributed by atoms with Crippen LogP contribution in [0.2, 0.25) is 0 Å². The number of hydrogen-bond acceptors (Lipinski definition) is 8. The Bertz CT molecular complexity index is 523. The molecule has 0 saturated heterocycles. The van der Waals surface area contributed by atoms with Gasteiger partial charge in [0.05, 0.1) is 25.4 Å². The van der Waals surface area contributed by atoms with Crippen LogP contribution in [-0.2, 0) is 0 Å². The first-order chi connectivity index (χ1) is 10.9. The van der Waals surface area contributed by atoms with Crippen molar-refractivity contribution >= 4 is 94.1 Å². The molecule has 0 aliphatic carbocycles. The van der Waals surface area contributed by atoms with Crippen LogP contribution in [0.5, 0.6) is 0 Å². The quantitative estimate of drug-likeness (QED) is 0.356. The predicted molar refractivity (Wildman–Crippen MR) is 120 cm³/mol. The Morgan fingerprint density at radius 3 is 0.955 bits per heavy atom. The van der Waals surface area contributed by atoms with Crippen LogP contribution in [0.25, 0.3) is 0 Å². The van der Waals surface area contributed by atoms with E-state index in [9.17, 15) is 0 Å². The second kappa shape index (κ2) is 8.25. The summed E-state index contributed by atoms with van der Waals surface area (Å²) in [5.74, 6) is 4.45. The van der Waals surface area contributed by atoms with Crippen LogP contribution < -0.4 is 0 Å². The zero-order chi connectivity index (χ0) is 14.8. The molecular weight excluding hydrogens is 425 g/mol. The minimum atomic E-state index is 1.11. The highest BCUT2D eigenvalue weighted by molar-refractivity contribution is 8.45. The predicted octanol–water partition coefficient (Wildman–Crippen LogP) is 7.40. The molecule has 0 nitrogen and oxygen atoms in total. The van der Waals surface area contributed by atoms with Gasteiger partial charge in [0.25, 0.3) is 0 Å². The topological polar surface area (TPSA) is 0 Å². The van der Waals surface area contributed by atoms with E-state index in [0.29, 0.717) is 0 Å². The molecule has 0 radical (unpaired) electrons. The lowest BCUT2D eigenvalue weighted by Gasteiger charge is -2.04. The molecule has 0 aromatic rings. The Hall–Kier alpha value is 1.50. The summed E-state index contributed by atoms with van der Waals surface area (Å²) >= 11 is 16.0. The van der Waals surface area contributed by atoms with Gasteiger partial charge in [-0.05, 0) is 0 Å². The van der Waals surface area contributed by atoms with Gasteiger partial charge in [0.2, 0.25) is 0 Å². The maximum atomic E-state index is 2.30. The first kappa shape index (κ1) is 16.9. The molecule has 0 amide bonds. The van der Waals surface area contributed by atoms with Crippen molar-refractivity contribution in [1.82, 2.24) is 0 Å². The second-order valence-electron chi connectivity index (χ2n) is 4.32. The molecule has 4 aliphatic heterocycles. The van der Waals surface area contributed by atoms with Crippen molar-refractivity contribution in [2.24, 2.45) is 0 Å². The van der Waals surface area contributed by atoms with Gasteiger partial charge in [0.15, 0.2) is 0 Å². The van der Waals surface area contributed by atoms with Gasteiger partial charge in [0, 0.05) is 23.0 Å². The Kier molecular flexibility index (Phi) is 6.36. The van der Waals surface area contributed by atoms with E-state index < -0.39 is 0 Å². The van der Waals surface area contributed by atoms with E-state index in [1.165, 1.54) is 25.4 Å². The molecule has 0 unspecified atom stereocenters. The highest BCUT2D eigenvalue weighted by Crippen LogP contribution is 2.66. The molecule has 0 atom stereocenters. The van der Waals surface area contributed by atoms with Gasteiger partial charge in [-0.1, -0.05) is 71.4 Å². The van der Waals surface area contributed by atoms with Gasteiger partial charge in [-0.25, -0.2) is 0 Å². The molecule has 4 aliphatic rings. The van der Waals surface area contributed by atoms with E-state index in [-0.39, 0.29) is 0 Å². The highest BCUT2D eigenvalue weighted by Gasteiger charge is 2.30. The summed E-state index contributed by atoms with van der Waals surface area (Å²) < 4.78 is 9.08. The van der Waals surface area contributed by atoms with Crippen molar-refractivity contribution < 1.29 is 0 Å². The molecule has 4 rings (SSSR count). The monoisotopic (exact) mass is 436 g/mol. The van der Waals surface area contributed by atoms with E-state index in [4.69, 9.17) is 0 Å². The van der Waals surface area contributed by atoms with Crippen LogP contribution in [0.1, 0.15) is 0 Å². The fourth-order valence-corrected chi connectivity index (χ4v) is 13.3. The molecular formula is C14H12S8. The molecule has 22 heavy (non-hydrogen) atoms. The summed E-state index contributed by atoms with van der Waals surface area (Å²) in [6.07, 6.45) is 9.18. The van der Waals surface area contributed by atoms with Crippen LogP contribution in [-0.4, -0.2) is 23.0 Å². The first-order valence-electron chi connectivity index (χ1n) is 6.65. The molecule has 0 saturated carbocycles. The number of rotatable bonds is 0. The average molecular weight is 437 g/mol. The van der Waals surface area contributed by atoms with Gasteiger partial charge < -0.3 is 0 Å². The summed E-state index contributed by atoms with van der Waals surface area (Å²) in [6, 6.07) is 0. The molecule has 0 spiro atoms. The maximum Gasteiger partial charge on any atom is 0.0717 e. The largest absolute Gasteiger partial charge is 0.113 e.